The summed E-state index contributed by atoms with van der Waals surface area (Å²) in [5, 5.41) is 3.11. The van der Waals surface area contributed by atoms with Gasteiger partial charge in [0.15, 0.2) is 0 Å². The van der Waals surface area contributed by atoms with Gasteiger partial charge in [-0.1, -0.05) is 19.8 Å². The largest absolute Gasteiger partial charge is 0.399 e. The van der Waals surface area contributed by atoms with Crippen molar-refractivity contribution in [1.82, 2.24) is 5.32 Å². The molecule has 1 aromatic rings. The molecule has 0 saturated heterocycles. The molecule has 3 nitrogen and oxygen atoms in total. The standard InChI is InChI=1S/C14H19BrN2O/c1-9-3-2-4-11(7-9)17-14(18)12-8-10(16)5-6-13(12)15/h5-6,8-9,11H,2-4,7,16H2,1H3,(H,17,18). The molecule has 0 heterocycles. The van der Waals surface area contributed by atoms with Crippen LogP contribution in [0, 0.1) is 5.92 Å². The highest BCUT2D eigenvalue weighted by molar-refractivity contribution is 9.10. The molecular formula is C14H19BrN2O. The Bertz CT molecular complexity index is 447. The Labute approximate surface area is 116 Å². The van der Waals surface area contributed by atoms with E-state index in [2.05, 4.69) is 28.2 Å². The quantitative estimate of drug-likeness (QED) is 0.823. The number of carbonyl (C=O) groups excluding carboxylic acids is 1. The zero-order chi connectivity index (χ0) is 13.1. The van der Waals surface area contributed by atoms with E-state index >= 15 is 0 Å². The van der Waals surface area contributed by atoms with Gasteiger partial charge in [0.25, 0.3) is 5.91 Å². The van der Waals surface area contributed by atoms with E-state index in [1.54, 1.807) is 12.1 Å². The summed E-state index contributed by atoms with van der Waals surface area (Å²) in [7, 11) is 0. The second-order valence-electron chi connectivity index (χ2n) is 5.18. The van der Waals surface area contributed by atoms with Gasteiger partial charge in [0.1, 0.15) is 0 Å². The minimum absolute atomic E-state index is 0.0340. The van der Waals surface area contributed by atoms with Gasteiger partial charge in [-0.25, -0.2) is 0 Å². The van der Waals surface area contributed by atoms with Crippen molar-refractivity contribution in [3.8, 4) is 0 Å². The molecule has 0 radical (unpaired) electrons. The molecule has 2 atom stereocenters. The first-order valence-corrected chi connectivity index (χ1v) is 7.21. The number of nitrogens with two attached hydrogens (primary N) is 1. The van der Waals surface area contributed by atoms with Crippen LogP contribution in [0.3, 0.4) is 0 Å². The summed E-state index contributed by atoms with van der Waals surface area (Å²) in [6, 6.07) is 5.61. The molecule has 1 aromatic carbocycles. The van der Waals surface area contributed by atoms with Crippen molar-refractivity contribution in [3.05, 3.63) is 28.2 Å². The molecule has 1 amide bonds. The number of carbonyl (C=O) groups is 1. The second kappa shape index (κ2) is 5.74. The lowest BCUT2D eigenvalue weighted by Crippen LogP contribution is -2.38. The third kappa shape index (κ3) is 3.25. The van der Waals surface area contributed by atoms with Crippen LogP contribution in [0.4, 0.5) is 5.69 Å². The van der Waals surface area contributed by atoms with Crippen LogP contribution in [0.2, 0.25) is 0 Å². The second-order valence-corrected chi connectivity index (χ2v) is 6.04. The Morgan fingerprint density at radius 2 is 2.22 bits per heavy atom. The number of nitrogen functional groups attached to an aromatic ring is 1. The Kier molecular flexibility index (Phi) is 4.27. The molecule has 4 heteroatoms. The van der Waals surface area contributed by atoms with E-state index in [4.69, 9.17) is 5.73 Å². The van der Waals surface area contributed by atoms with Crippen molar-refractivity contribution < 1.29 is 4.79 Å². The molecule has 0 bridgehead atoms. The maximum absolute atomic E-state index is 12.2. The number of hydrogen-bond acceptors (Lipinski definition) is 2. The highest BCUT2D eigenvalue weighted by Gasteiger charge is 2.21. The predicted octanol–water partition coefficient (Wildman–Crippen LogP) is 3.34. The summed E-state index contributed by atoms with van der Waals surface area (Å²) in [6.07, 6.45) is 4.63. The van der Waals surface area contributed by atoms with Crippen LogP contribution in [0.15, 0.2) is 22.7 Å². The minimum Gasteiger partial charge on any atom is -0.399 e. The van der Waals surface area contributed by atoms with Crippen molar-refractivity contribution in [2.75, 3.05) is 5.73 Å². The van der Waals surface area contributed by atoms with Gasteiger partial charge in [-0.2, -0.15) is 0 Å². The van der Waals surface area contributed by atoms with Crippen LogP contribution in [-0.2, 0) is 0 Å². The molecule has 18 heavy (non-hydrogen) atoms. The van der Waals surface area contributed by atoms with E-state index in [1.165, 1.54) is 12.8 Å². The lowest BCUT2D eigenvalue weighted by molar-refractivity contribution is 0.0920. The monoisotopic (exact) mass is 310 g/mol. The Morgan fingerprint density at radius 3 is 2.94 bits per heavy atom. The Balaban J connectivity index is 2.05. The molecule has 0 aromatic heterocycles. The fourth-order valence-corrected chi connectivity index (χ4v) is 2.97. The Hall–Kier alpha value is -1.03. The van der Waals surface area contributed by atoms with Crippen molar-refractivity contribution in [3.63, 3.8) is 0 Å². The van der Waals surface area contributed by atoms with Gasteiger partial charge in [0.05, 0.1) is 5.56 Å². The van der Waals surface area contributed by atoms with Gasteiger partial charge < -0.3 is 11.1 Å². The van der Waals surface area contributed by atoms with E-state index < -0.39 is 0 Å². The van der Waals surface area contributed by atoms with Crippen molar-refractivity contribution in [1.29, 1.82) is 0 Å². The van der Waals surface area contributed by atoms with E-state index in [9.17, 15) is 4.79 Å². The first-order valence-electron chi connectivity index (χ1n) is 6.42. The van der Waals surface area contributed by atoms with Crippen LogP contribution in [0.5, 0.6) is 0 Å². The molecule has 0 spiro atoms. The summed E-state index contributed by atoms with van der Waals surface area (Å²) in [4.78, 5) is 12.2. The summed E-state index contributed by atoms with van der Waals surface area (Å²) in [5.74, 6) is 0.668. The van der Waals surface area contributed by atoms with Gasteiger partial charge in [-0.15, -0.1) is 0 Å². The summed E-state index contributed by atoms with van der Waals surface area (Å²) < 4.78 is 0.790. The minimum atomic E-state index is -0.0340. The summed E-state index contributed by atoms with van der Waals surface area (Å²) in [6.45, 7) is 2.24. The van der Waals surface area contributed by atoms with Gasteiger partial charge in [0, 0.05) is 16.2 Å². The smallest absolute Gasteiger partial charge is 0.252 e. The Morgan fingerprint density at radius 1 is 1.44 bits per heavy atom. The van der Waals surface area contributed by atoms with Crippen LogP contribution in [0.1, 0.15) is 43.0 Å². The van der Waals surface area contributed by atoms with Crippen LogP contribution >= 0.6 is 15.9 Å². The van der Waals surface area contributed by atoms with Crippen molar-refractivity contribution in [2.45, 2.75) is 38.6 Å². The lowest BCUT2D eigenvalue weighted by Gasteiger charge is -2.27. The highest BCUT2D eigenvalue weighted by atomic mass is 79.9. The molecule has 1 fully saturated rings. The first-order chi connectivity index (χ1) is 8.56. The van der Waals surface area contributed by atoms with Gasteiger partial charge >= 0.3 is 0 Å². The third-order valence-corrected chi connectivity index (χ3v) is 4.20. The number of hydrogen-bond donors (Lipinski definition) is 2. The number of halogens is 1. The summed E-state index contributed by atoms with van der Waals surface area (Å²) >= 11 is 3.39. The predicted molar refractivity (Wildman–Crippen MR) is 77.4 cm³/mol. The molecular weight excluding hydrogens is 292 g/mol. The van der Waals surface area contributed by atoms with Crippen molar-refractivity contribution >= 4 is 27.5 Å². The van der Waals surface area contributed by atoms with Gasteiger partial charge in [-0.3, -0.25) is 4.79 Å². The molecule has 1 aliphatic rings. The lowest BCUT2D eigenvalue weighted by atomic mass is 9.87. The van der Waals surface area contributed by atoms with E-state index in [-0.39, 0.29) is 5.91 Å². The normalized spacial score (nSPS) is 23.7. The average Bonchev–Trinajstić information content (AvgIpc) is 2.32. The molecule has 0 aliphatic heterocycles. The first kappa shape index (κ1) is 13.4. The fourth-order valence-electron chi connectivity index (χ4n) is 2.55. The van der Waals surface area contributed by atoms with Crippen LogP contribution in [-0.4, -0.2) is 11.9 Å². The van der Waals surface area contributed by atoms with Crippen LogP contribution < -0.4 is 11.1 Å². The molecule has 98 valence electrons. The maximum Gasteiger partial charge on any atom is 0.252 e. The molecule has 1 saturated carbocycles. The zero-order valence-electron chi connectivity index (χ0n) is 10.6. The summed E-state index contributed by atoms with van der Waals surface area (Å²) in [5.41, 5.74) is 6.95. The highest BCUT2D eigenvalue weighted by Crippen LogP contribution is 2.25. The van der Waals surface area contributed by atoms with Gasteiger partial charge in [0.2, 0.25) is 0 Å². The fraction of sp³-hybridized carbons (Fsp3) is 0.500. The van der Waals surface area contributed by atoms with E-state index in [0.717, 1.165) is 17.3 Å². The molecule has 1 aliphatic carbocycles. The molecule has 3 N–H and O–H groups in total. The number of amides is 1. The van der Waals surface area contributed by atoms with Crippen LogP contribution in [0.25, 0.3) is 0 Å². The number of nitrogens with one attached hydrogen (secondary N) is 1. The van der Waals surface area contributed by atoms with E-state index in [0.29, 0.717) is 23.2 Å². The number of rotatable bonds is 2. The topological polar surface area (TPSA) is 55.1 Å². The number of benzene rings is 1. The van der Waals surface area contributed by atoms with Crippen molar-refractivity contribution in [2.24, 2.45) is 5.92 Å². The van der Waals surface area contributed by atoms with E-state index in [1.807, 2.05) is 6.07 Å². The SMILES string of the molecule is CC1CCCC(NC(=O)c2cc(N)ccc2Br)C1. The number of anilines is 1. The average molecular weight is 311 g/mol. The zero-order valence-corrected chi connectivity index (χ0v) is 12.2. The van der Waals surface area contributed by atoms with Gasteiger partial charge in [-0.05, 0) is 52.9 Å². The maximum atomic E-state index is 12.2. The third-order valence-electron chi connectivity index (χ3n) is 3.51. The molecule has 2 rings (SSSR count). The molecule has 2 unspecified atom stereocenters.